The van der Waals surface area contributed by atoms with E-state index < -0.39 is 17.7 Å². The van der Waals surface area contributed by atoms with Crippen molar-refractivity contribution in [3.05, 3.63) is 48.0 Å². The summed E-state index contributed by atoms with van der Waals surface area (Å²) in [6.07, 6.45) is -0.153. The smallest absolute Gasteiger partial charge is 0.190 e. The second kappa shape index (κ2) is 5.75. The molecule has 0 bridgehead atoms. The average Bonchev–Trinajstić information content (AvgIpc) is 3.01. The number of hydrogen-bond acceptors (Lipinski definition) is 5. The summed E-state index contributed by atoms with van der Waals surface area (Å²) in [4.78, 5) is 0. The fourth-order valence-corrected chi connectivity index (χ4v) is 4.48. The number of aliphatic hydroxyl groups is 1. The van der Waals surface area contributed by atoms with Crippen molar-refractivity contribution in [2.45, 2.75) is 69.3 Å². The Bertz CT molecular complexity index is 826. The van der Waals surface area contributed by atoms with Crippen molar-refractivity contribution in [2.24, 2.45) is 0 Å². The van der Waals surface area contributed by atoms with Gasteiger partial charge in [0.15, 0.2) is 12.1 Å². The highest BCUT2D eigenvalue weighted by Crippen LogP contribution is 2.52. The first kappa shape index (κ1) is 16.7. The van der Waals surface area contributed by atoms with Crippen LogP contribution in [-0.2, 0) is 25.6 Å². The van der Waals surface area contributed by atoms with E-state index in [0.717, 1.165) is 5.56 Å². The van der Waals surface area contributed by atoms with Gasteiger partial charge in [-0.1, -0.05) is 36.4 Å². The molecule has 1 N–H and O–H groups in total. The Labute approximate surface area is 152 Å². The lowest BCUT2D eigenvalue weighted by molar-refractivity contribution is -0.274. The van der Waals surface area contributed by atoms with E-state index in [1.54, 1.807) is 0 Å². The van der Waals surface area contributed by atoms with Gasteiger partial charge in [-0.3, -0.25) is 0 Å². The van der Waals surface area contributed by atoms with Gasteiger partial charge in [0.1, 0.15) is 17.8 Å². The Morgan fingerprint density at radius 2 is 1.81 bits per heavy atom. The van der Waals surface area contributed by atoms with Crippen LogP contribution in [0.5, 0.6) is 0 Å². The number of hydrogen-bond donors (Lipinski definition) is 1. The van der Waals surface area contributed by atoms with Gasteiger partial charge in [-0.2, -0.15) is 0 Å². The van der Waals surface area contributed by atoms with Crippen LogP contribution < -0.4 is 0 Å². The largest absolute Gasteiger partial charge is 0.393 e. The quantitative estimate of drug-likeness (QED) is 0.916. The highest BCUT2D eigenvalue weighted by atomic mass is 16.8. The second-order valence-electron chi connectivity index (χ2n) is 8.13. The van der Waals surface area contributed by atoms with Gasteiger partial charge in [-0.05, 0) is 36.2 Å². The first-order valence-corrected chi connectivity index (χ1v) is 9.25. The van der Waals surface area contributed by atoms with Gasteiger partial charge in [0.05, 0.1) is 12.7 Å². The lowest BCUT2D eigenvalue weighted by Gasteiger charge is -2.46. The molecule has 1 saturated carbocycles. The third-order valence-electron chi connectivity index (χ3n) is 5.66. The fraction of sp³-hybridized carbons (Fsp3) is 0.524. The molecule has 5 nitrogen and oxygen atoms in total. The van der Waals surface area contributed by atoms with Gasteiger partial charge < -0.3 is 24.1 Å². The molecule has 2 saturated heterocycles. The Hall–Kier alpha value is -1.50. The molecule has 138 valence electrons. The normalized spacial score (nSPS) is 37.8. The summed E-state index contributed by atoms with van der Waals surface area (Å²) >= 11 is 0. The number of rotatable bonds is 3. The summed E-state index contributed by atoms with van der Waals surface area (Å²) in [5, 5.41) is 12.3. The second-order valence-corrected chi connectivity index (χ2v) is 8.13. The van der Waals surface area contributed by atoms with E-state index in [1.165, 1.54) is 10.8 Å². The van der Waals surface area contributed by atoms with Crippen molar-refractivity contribution >= 4 is 10.8 Å². The number of ether oxygens (including phenoxy) is 4. The molecule has 26 heavy (non-hydrogen) atoms. The molecule has 1 aliphatic carbocycles. The first-order valence-electron chi connectivity index (χ1n) is 9.25. The fourth-order valence-electron chi connectivity index (χ4n) is 4.48. The van der Waals surface area contributed by atoms with E-state index in [-0.39, 0.29) is 18.3 Å². The molecule has 0 unspecified atom stereocenters. The third-order valence-corrected chi connectivity index (χ3v) is 5.66. The van der Waals surface area contributed by atoms with Gasteiger partial charge in [0, 0.05) is 12.8 Å². The number of benzene rings is 2. The van der Waals surface area contributed by atoms with Crippen LogP contribution in [0.25, 0.3) is 10.8 Å². The lowest BCUT2D eigenvalue weighted by Crippen LogP contribution is -2.57. The Kier molecular flexibility index (Phi) is 3.68. The van der Waals surface area contributed by atoms with Gasteiger partial charge in [-0.25, -0.2) is 0 Å². The van der Waals surface area contributed by atoms with E-state index in [1.807, 2.05) is 26.0 Å². The predicted octanol–water partition coefficient (Wildman–Crippen LogP) is 3.13. The molecule has 2 aromatic rings. The summed E-state index contributed by atoms with van der Waals surface area (Å²) in [5.41, 5.74) is 0.614. The van der Waals surface area contributed by atoms with E-state index >= 15 is 0 Å². The highest BCUT2D eigenvalue weighted by molar-refractivity contribution is 5.82. The zero-order valence-corrected chi connectivity index (χ0v) is 15.1. The number of fused-ring (bicyclic) bond motifs is 2. The summed E-state index contributed by atoms with van der Waals surface area (Å²) in [6, 6.07) is 14.6. The molecular formula is C21H24O5. The first-order chi connectivity index (χ1) is 12.4. The van der Waals surface area contributed by atoms with Crippen molar-refractivity contribution in [3.63, 3.8) is 0 Å². The molecule has 2 aliphatic heterocycles. The zero-order valence-electron chi connectivity index (χ0n) is 15.1. The SMILES string of the molecule is CC1(C)O[C@H]2O[C@]3(C[C@H](O)C3)[C@@H](OCc3ccc4ccccc4c3)[C@H]2O1. The van der Waals surface area contributed by atoms with Crippen LogP contribution >= 0.6 is 0 Å². The van der Waals surface area contributed by atoms with Crippen molar-refractivity contribution in [3.8, 4) is 0 Å². The van der Waals surface area contributed by atoms with Crippen LogP contribution in [0.4, 0.5) is 0 Å². The molecule has 0 aromatic heterocycles. The lowest BCUT2D eigenvalue weighted by atomic mass is 9.73. The topological polar surface area (TPSA) is 57.2 Å². The van der Waals surface area contributed by atoms with E-state index in [2.05, 4.69) is 30.3 Å². The Morgan fingerprint density at radius 1 is 1.04 bits per heavy atom. The predicted molar refractivity (Wildman–Crippen MR) is 95.4 cm³/mol. The molecule has 5 heteroatoms. The van der Waals surface area contributed by atoms with Crippen LogP contribution in [-0.4, -0.2) is 41.1 Å². The van der Waals surface area contributed by atoms with E-state index in [0.29, 0.717) is 19.4 Å². The van der Waals surface area contributed by atoms with Gasteiger partial charge in [-0.15, -0.1) is 0 Å². The molecule has 0 radical (unpaired) electrons. The average molecular weight is 356 g/mol. The maximum absolute atomic E-state index is 9.84. The summed E-state index contributed by atoms with van der Waals surface area (Å²) < 4.78 is 24.4. The highest BCUT2D eigenvalue weighted by Gasteiger charge is 2.66. The minimum absolute atomic E-state index is 0.246. The van der Waals surface area contributed by atoms with Crippen molar-refractivity contribution < 1.29 is 24.1 Å². The summed E-state index contributed by atoms with van der Waals surface area (Å²) in [6.45, 7) is 4.25. The van der Waals surface area contributed by atoms with Crippen LogP contribution in [0.2, 0.25) is 0 Å². The minimum atomic E-state index is -0.677. The molecule has 5 rings (SSSR count). The molecule has 3 atom stereocenters. The standard InChI is InChI=1S/C21H24O5/c1-20(2)24-17-18(21(10-16(22)11-21)26-19(17)25-20)23-12-13-7-8-14-5-3-4-6-15(14)9-13/h3-9,16-19,22H,10-12H2,1-2H3/t16-,17-,18+,19+,21-/m1/s1. The van der Waals surface area contributed by atoms with Crippen LogP contribution in [0.1, 0.15) is 32.3 Å². The van der Waals surface area contributed by atoms with Crippen LogP contribution in [0.3, 0.4) is 0 Å². The van der Waals surface area contributed by atoms with Crippen LogP contribution in [0.15, 0.2) is 42.5 Å². The molecular weight excluding hydrogens is 332 g/mol. The summed E-state index contributed by atoms with van der Waals surface area (Å²) in [7, 11) is 0. The Morgan fingerprint density at radius 3 is 2.58 bits per heavy atom. The van der Waals surface area contributed by atoms with Crippen molar-refractivity contribution in [1.29, 1.82) is 0 Å². The number of aliphatic hydroxyl groups excluding tert-OH is 1. The maximum atomic E-state index is 9.84. The minimum Gasteiger partial charge on any atom is -0.393 e. The van der Waals surface area contributed by atoms with Gasteiger partial charge in [0.25, 0.3) is 0 Å². The monoisotopic (exact) mass is 356 g/mol. The summed E-state index contributed by atoms with van der Waals surface area (Å²) in [5.74, 6) is -0.677. The van der Waals surface area contributed by atoms with Gasteiger partial charge in [0.2, 0.25) is 0 Å². The molecule has 1 spiro atoms. The van der Waals surface area contributed by atoms with Gasteiger partial charge >= 0.3 is 0 Å². The van der Waals surface area contributed by atoms with Crippen molar-refractivity contribution in [1.82, 2.24) is 0 Å². The third kappa shape index (κ3) is 2.66. The van der Waals surface area contributed by atoms with Crippen molar-refractivity contribution in [2.75, 3.05) is 0 Å². The molecule has 2 aromatic carbocycles. The zero-order chi connectivity index (χ0) is 17.9. The molecule has 0 amide bonds. The maximum Gasteiger partial charge on any atom is 0.190 e. The van der Waals surface area contributed by atoms with Crippen LogP contribution in [0, 0.1) is 0 Å². The molecule has 3 aliphatic rings. The molecule has 3 fully saturated rings. The van der Waals surface area contributed by atoms with E-state index in [4.69, 9.17) is 18.9 Å². The Balaban J connectivity index is 1.36. The molecule has 2 heterocycles. The van der Waals surface area contributed by atoms with E-state index in [9.17, 15) is 5.11 Å².